The predicted octanol–water partition coefficient (Wildman–Crippen LogP) is 2.86. The summed E-state index contributed by atoms with van der Waals surface area (Å²) >= 11 is 0. The van der Waals surface area contributed by atoms with E-state index < -0.39 is 0 Å². The Morgan fingerprint density at radius 1 is 1.31 bits per heavy atom. The summed E-state index contributed by atoms with van der Waals surface area (Å²) in [5, 5.41) is 2.57. The van der Waals surface area contributed by atoms with Crippen LogP contribution in [0.2, 0.25) is 0 Å². The van der Waals surface area contributed by atoms with Crippen LogP contribution in [-0.2, 0) is 22.6 Å². The summed E-state index contributed by atoms with van der Waals surface area (Å²) in [6, 6.07) is 9.73. The van der Waals surface area contributed by atoms with Crippen molar-refractivity contribution in [2.45, 2.75) is 32.2 Å². The molecule has 2 aromatic rings. The number of carbonyl (C=O) groups excluding carboxylic acids is 2. The number of benzene rings is 1. The molecule has 1 aromatic carbocycles. The number of hydrogen-bond donors (Lipinski definition) is 1. The van der Waals surface area contributed by atoms with Gasteiger partial charge in [0.2, 0.25) is 11.8 Å². The number of amides is 2. The second-order valence-electron chi connectivity index (χ2n) is 6.96. The highest BCUT2D eigenvalue weighted by Gasteiger charge is 2.36. The summed E-state index contributed by atoms with van der Waals surface area (Å²) in [4.78, 5) is 25.6. The molecular weight excluding hydrogens is 335 g/mol. The Bertz CT molecular complexity index is 802. The first-order valence-electron chi connectivity index (χ1n) is 8.76. The second-order valence-corrected chi connectivity index (χ2v) is 6.96. The molecule has 6 heteroatoms. The van der Waals surface area contributed by atoms with Crippen molar-refractivity contribution in [1.29, 1.82) is 0 Å². The number of hydrogen-bond acceptors (Lipinski definition) is 3. The maximum atomic E-state index is 13.1. The van der Waals surface area contributed by atoms with Gasteiger partial charge in [0.25, 0.3) is 0 Å². The van der Waals surface area contributed by atoms with Crippen molar-refractivity contribution in [2.75, 3.05) is 13.6 Å². The molecule has 0 unspecified atom stereocenters. The molecule has 1 N–H and O–H groups in total. The number of furan rings is 1. The van der Waals surface area contributed by atoms with E-state index in [0.717, 1.165) is 17.9 Å². The van der Waals surface area contributed by atoms with Crippen LogP contribution in [0.4, 0.5) is 4.39 Å². The third kappa shape index (κ3) is 4.71. The quantitative estimate of drug-likeness (QED) is 0.828. The zero-order chi connectivity index (χ0) is 18.7. The average Bonchev–Trinajstić information content (AvgIpc) is 3.14. The first-order chi connectivity index (χ1) is 12.4. The van der Waals surface area contributed by atoms with Gasteiger partial charge in [0.15, 0.2) is 0 Å². The molecule has 2 atom stereocenters. The Morgan fingerprint density at radius 2 is 2.08 bits per heavy atom. The van der Waals surface area contributed by atoms with Crippen LogP contribution in [0.25, 0.3) is 0 Å². The van der Waals surface area contributed by atoms with E-state index in [4.69, 9.17) is 4.42 Å². The molecule has 0 spiro atoms. The molecule has 1 aliphatic carbocycles. The highest BCUT2D eigenvalue weighted by molar-refractivity contribution is 5.85. The molecule has 1 saturated carbocycles. The fourth-order valence-corrected chi connectivity index (χ4v) is 2.92. The van der Waals surface area contributed by atoms with Gasteiger partial charge in [0, 0.05) is 13.0 Å². The van der Waals surface area contributed by atoms with Gasteiger partial charge in [-0.05, 0) is 42.2 Å². The fourth-order valence-electron chi connectivity index (χ4n) is 2.92. The van der Waals surface area contributed by atoms with Gasteiger partial charge in [-0.15, -0.1) is 0 Å². The Morgan fingerprint density at radius 3 is 2.77 bits per heavy atom. The Labute approximate surface area is 152 Å². The predicted molar refractivity (Wildman–Crippen MR) is 94.8 cm³/mol. The minimum atomic E-state index is -0.385. The zero-order valence-electron chi connectivity index (χ0n) is 15.0. The first-order valence-corrected chi connectivity index (χ1v) is 8.76. The van der Waals surface area contributed by atoms with E-state index in [-0.39, 0.29) is 30.6 Å². The number of halogens is 1. The van der Waals surface area contributed by atoms with E-state index in [9.17, 15) is 14.0 Å². The highest BCUT2D eigenvalue weighted by Crippen LogP contribution is 2.47. The maximum Gasteiger partial charge on any atom is 0.242 e. The van der Waals surface area contributed by atoms with Crippen molar-refractivity contribution >= 4 is 11.8 Å². The van der Waals surface area contributed by atoms with Crippen LogP contribution in [0.1, 0.15) is 36.3 Å². The molecule has 0 radical (unpaired) electrons. The number of rotatable bonds is 7. The topological polar surface area (TPSA) is 62.6 Å². The molecule has 5 nitrogen and oxygen atoms in total. The van der Waals surface area contributed by atoms with Gasteiger partial charge in [-0.1, -0.05) is 19.1 Å². The van der Waals surface area contributed by atoms with Crippen LogP contribution < -0.4 is 5.32 Å². The molecule has 1 fully saturated rings. The second kappa shape index (κ2) is 7.72. The van der Waals surface area contributed by atoms with Crippen LogP contribution >= 0.6 is 0 Å². The van der Waals surface area contributed by atoms with E-state index in [1.807, 2.05) is 12.1 Å². The molecule has 3 rings (SSSR count). The van der Waals surface area contributed by atoms with Crippen molar-refractivity contribution in [2.24, 2.45) is 5.92 Å². The largest absolute Gasteiger partial charge is 0.464 e. The summed E-state index contributed by atoms with van der Waals surface area (Å²) in [5.41, 5.74) is 0.570. The van der Waals surface area contributed by atoms with Gasteiger partial charge in [-0.2, -0.15) is 0 Å². The fraction of sp³-hybridized carbons (Fsp3) is 0.400. The van der Waals surface area contributed by atoms with Gasteiger partial charge in [-0.3, -0.25) is 9.59 Å². The monoisotopic (exact) mass is 358 g/mol. The maximum absolute atomic E-state index is 13.1. The summed E-state index contributed by atoms with van der Waals surface area (Å²) in [7, 11) is 1.67. The van der Waals surface area contributed by atoms with E-state index in [1.54, 1.807) is 19.2 Å². The highest BCUT2D eigenvalue weighted by atomic mass is 19.1. The van der Waals surface area contributed by atoms with Crippen LogP contribution in [0.5, 0.6) is 0 Å². The van der Waals surface area contributed by atoms with Crippen molar-refractivity contribution < 1.29 is 18.4 Å². The molecule has 1 aromatic heterocycles. The van der Waals surface area contributed by atoms with Gasteiger partial charge < -0.3 is 14.6 Å². The average molecular weight is 358 g/mol. The minimum Gasteiger partial charge on any atom is -0.464 e. The van der Waals surface area contributed by atoms with Crippen LogP contribution in [0.3, 0.4) is 0 Å². The van der Waals surface area contributed by atoms with Crippen molar-refractivity contribution in [3.8, 4) is 0 Å². The lowest BCUT2D eigenvalue weighted by molar-refractivity contribution is -0.132. The molecule has 0 aliphatic heterocycles. The zero-order valence-corrected chi connectivity index (χ0v) is 15.0. The van der Waals surface area contributed by atoms with Gasteiger partial charge >= 0.3 is 0 Å². The van der Waals surface area contributed by atoms with E-state index in [0.29, 0.717) is 23.9 Å². The summed E-state index contributed by atoms with van der Waals surface area (Å²) in [5.74, 6) is 1.98. The summed E-state index contributed by atoms with van der Waals surface area (Å²) in [6.45, 7) is 2.45. The van der Waals surface area contributed by atoms with E-state index in [2.05, 4.69) is 12.2 Å². The summed E-state index contributed by atoms with van der Waals surface area (Å²) < 4.78 is 18.9. The van der Waals surface area contributed by atoms with Crippen LogP contribution in [0.15, 0.2) is 40.8 Å². The Hall–Kier alpha value is -2.63. The third-order valence-electron chi connectivity index (χ3n) is 4.67. The smallest absolute Gasteiger partial charge is 0.242 e. The van der Waals surface area contributed by atoms with Crippen molar-refractivity contribution in [1.82, 2.24) is 10.2 Å². The molecule has 2 amide bonds. The third-order valence-corrected chi connectivity index (χ3v) is 4.67. The molecule has 1 heterocycles. The number of nitrogens with zero attached hydrogens (tertiary/aromatic N) is 1. The standard InChI is InChI=1S/C20H23FN2O3/c1-13-8-17(13)18-7-6-16(26-18)12-23(2)20(25)11-22-19(24)10-14-4-3-5-15(21)9-14/h3-7,9,13,17H,8,10-12H2,1-2H3,(H,22,24)/t13-,17-/m1/s1. The lowest BCUT2D eigenvalue weighted by Gasteiger charge is -2.16. The van der Waals surface area contributed by atoms with E-state index in [1.165, 1.54) is 17.0 Å². The number of carbonyl (C=O) groups is 2. The Balaban J connectivity index is 1.43. The lowest BCUT2D eigenvalue weighted by atomic mass is 10.1. The normalized spacial score (nSPS) is 18.4. The van der Waals surface area contributed by atoms with Crippen LogP contribution in [0, 0.1) is 11.7 Å². The van der Waals surface area contributed by atoms with Crippen LogP contribution in [-0.4, -0.2) is 30.3 Å². The SMILES string of the molecule is C[C@@H]1C[C@H]1c1ccc(CN(C)C(=O)CNC(=O)Cc2cccc(F)c2)o1. The first kappa shape index (κ1) is 18.2. The molecule has 26 heavy (non-hydrogen) atoms. The Kier molecular flexibility index (Phi) is 5.40. The molecular formula is C20H23FN2O3. The molecule has 1 aliphatic rings. The lowest BCUT2D eigenvalue weighted by Crippen LogP contribution is -2.38. The van der Waals surface area contributed by atoms with Gasteiger partial charge in [-0.25, -0.2) is 4.39 Å². The molecule has 0 saturated heterocycles. The molecule has 0 bridgehead atoms. The molecule has 138 valence electrons. The number of likely N-dealkylation sites (N-methyl/N-ethyl adjacent to an activating group) is 1. The van der Waals surface area contributed by atoms with Crippen molar-refractivity contribution in [3.05, 3.63) is 59.3 Å². The van der Waals surface area contributed by atoms with E-state index >= 15 is 0 Å². The van der Waals surface area contributed by atoms with Crippen molar-refractivity contribution in [3.63, 3.8) is 0 Å². The summed E-state index contributed by atoms with van der Waals surface area (Å²) in [6.07, 6.45) is 1.19. The minimum absolute atomic E-state index is 0.0376. The van der Waals surface area contributed by atoms with Gasteiger partial charge in [0.1, 0.15) is 17.3 Å². The van der Waals surface area contributed by atoms with Gasteiger partial charge in [0.05, 0.1) is 19.5 Å². The number of nitrogens with one attached hydrogen (secondary N) is 1.